The van der Waals surface area contributed by atoms with Crippen molar-refractivity contribution in [2.24, 2.45) is 5.73 Å². The molecule has 0 heterocycles. The number of methoxy groups -OCH3 is 2. The molecule has 1 rings (SSSR count). The maximum atomic E-state index is 14.0. The lowest BCUT2D eigenvalue weighted by Crippen LogP contribution is -2.32. The number of carbonyl (C=O) groups is 1. The lowest BCUT2D eigenvalue weighted by molar-refractivity contribution is -0.385. The fourth-order valence-electron chi connectivity index (χ4n) is 1.84. The van der Waals surface area contributed by atoms with Gasteiger partial charge in [-0.15, -0.1) is 12.4 Å². The minimum absolute atomic E-state index is 0. The molecule has 8 nitrogen and oxygen atoms in total. The molecule has 2 N–H and O–H groups in total. The Morgan fingerprint density at radius 2 is 1.87 bits per heavy atom. The number of hydrogen-bond acceptors (Lipinski definition) is 7. The molecule has 10 heteroatoms. The zero-order chi connectivity index (χ0) is 16.9. The molecule has 0 amide bonds. The van der Waals surface area contributed by atoms with E-state index in [9.17, 15) is 19.3 Å². The molecule has 0 bridgehead atoms. The van der Waals surface area contributed by atoms with E-state index in [0.717, 1.165) is 6.07 Å². The third-order valence-electron chi connectivity index (χ3n) is 2.92. The van der Waals surface area contributed by atoms with Crippen molar-refractivity contribution in [3.05, 3.63) is 27.8 Å². The summed E-state index contributed by atoms with van der Waals surface area (Å²) in [4.78, 5) is 21.8. The number of nitro groups is 1. The molecule has 130 valence electrons. The number of rotatable bonds is 7. The molecule has 0 spiro atoms. The molecule has 0 aliphatic rings. The minimum Gasteiger partial charge on any atom is -0.493 e. The first kappa shape index (κ1) is 20.9. The third kappa shape index (κ3) is 4.67. The average Bonchev–Trinajstić information content (AvgIpc) is 2.51. The van der Waals surface area contributed by atoms with E-state index in [-0.39, 0.29) is 36.1 Å². The number of halogens is 2. The summed E-state index contributed by atoms with van der Waals surface area (Å²) in [5.74, 6) is -0.953. The SMILES string of the molecule is CCOC(=O)C(F)[C@@H](N)c1cc(OC)c(OC)cc1[N+](=O)[O-].Cl. The van der Waals surface area contributed by atoms with Gasteiger partial charge in [-0.1, -0.05) is 0 Å². The van der Waals surface area contributed by atoms with E-state index >= 15 is 0 Å². The zero-order valence-corrected chi connectivity index (χ0v) is 13.6. The Morgan fingerprint density at radius 3 is 2.30 bits per heavy atom. The molecule has 0 aliphatic heterocycles. The van der Waals surface area contributed by atoms with Crippen LogP contribution in [0, 0.1) is 10.1 Å². The Kier molecular flexibility index (Phi) is 8.27. The molecule has 0 saturated heterocycles. The van der Waals surface area contributed by atoms with Gasteiger partial charge in [0.25, 0.3) is 5.69 Å². The van der Waals surface area contributed by atoms with Crippen LogP contribution in [0.5, 0.6) is 11.5 Å². The van der Waals surface area contributed by atoms with Crippen molar-refractivity contribution < 1.29 is 28.3 Å². The van der Waals surface area contributed by atoms with Gasteiger partial charge in [0.2, 0.25) is 6.17 Å². The normalized spacial score (nSPS) is 12.6. The Labute approximate surface area is 138 Å². The summed E-state index contributed by atoms with van der Waals surface area (Å²) in [5.41, 5.74) is 4.98. The van der Waals surface area contributed by atoms with Gasteiger partial charge < -0.3 is 19.9 Å². The summed E-state index contributed by atoms with van der Waals surface area (Å²) in [6.45, 7) is 1.48. The van der Waals surface area contributed by atoms with Gasteiger partial charge in [0.1, 0.15) is 0 Å². The monoisotopic (exact) mass is 352 g/mol. The van der Waals surface area contributed by atoms with Gasteiger partial charge in [0.15, 0.2) is 11.5 Å². The Morgan fingerprint density at radius 1 is 1.35 bits per heavy atom. The maximum absolute atomic E-state index is 14.0. The molecule has 0 saturated carbocycles. The number of nitrogens with zero attached hydrogens (tertiary/aromatic N) is 1. The Balaban J connectivity index is 0.00000484. The van der Waals surface area contributed by atoms with Gasteiger partial charge in [-0.3, -0.25) is 10.1 Å². The van der Waals surface area contributed by atoms with Crippen molar-refractivity contribution in [2.45, 2.75) is 19.1 Å². The topological polar surface area (TPSA) is 114 Å². The summed E-state index contributed by atoms with van der Waals surface area (Å²) < 4.78 is 28.5. The number of carbonyl (C=O) groups excluding carboxylic acids is 1. The van der Waals surface area contributed by atoms with Gasteiger partial charge in [0.05, 0.1) is 43.4 Å². The highest BCUT2D eigenvalue weighted by molar-refractivity contribution is 5.85. The van der Waals surface area contributed by atoms with Crippen molar-refractivity contribution in [2.75, 3.05) is 20.8 Å². The lowest BCUT2D eigenvalue weighted by atomic mass is 10.0. The van der Waals surface area contributed by atoms with Crippen molar-refractivity contribution in [3.8, 4) is 11.5 Å². The van der Waals surface area contributed by atoms with Crippen LogP contribution in [0.2, 0.25) is 0 Å². The molecule has 1 unspecified atom stereocenters. The zero-order valence-electron chi connectivity index (χ0n) is 12.8. The Hall–Kier alpha value is -2.13. The molecule has 0 aliphatic carbocycles. The second-order valence-corrected chi connectivity index (χ2v) is 4.20. The van der Waals surface area contributed by atoms with Crippen LogP contribution in [0.1, 0.15) is 18.5 Å². The van der Waals surface area contributed by atoms with Crippen molar-refractivity contribution >= 4 is 24.1 Å². The molecular weight excluding hydrogens is 335 g/mol. The first-order valence-electron chi connectivity index (χ1n) is 6.33. The minimum atomic E-state index is -2.24. The second-order valence-electron chi connectivity index (χ2n) is 4.20. The highest BCUT2D eigenvalue weighted by atomic mass is 35.5. The number of nitrogens with two attached hydrogens (primary N) is 1. The number of nitro benzene ring substituents is 1. The summed E-state index contributed by atoms with van der Waals surface area (Å²) in [7, 11) is 2.62. The predicted molar refractivity (Wildman–Crippen MR) is 81.9 cm³/mol. The largest absolute Gasteiger partial charge is 0.493 e. The van der Waals surface area contributed by atoms with Crippen molar-refractivity contribution in [3.63, 3.8) is 0 Å². The highest BCUT2D eigenvalue weighted by Crippen LogP contribution is 2.38. The van der Waals surface area contributed by atoms with Gasteiger partial charge >= 0.3 is 5.97 Å². The number of ether oxygens (including phenoxy) is 3. The van der Waals surface area contributed by atoms with Crippen LogP contribution in [-0.2, 0) is 9.53 Å². The first-order chi connectivity index (χ1) is 10.4. The number of esters is 1. The van der Waals surface area contributed by atoms with E-state index in [1.807, 2.05) is 0 Å². The number of benzene rings is 1. The van der Waals surface area contributed by atoms with Gasteiger partial charge in [-0.25, -0.2) is 9.18 Å². The number of hydrogen-bond donors (Lipinski definition) is 1. The van der Waals surface area contributed by atoms with E-state index in [0.29, 0.717) is 0 Å². The van der Waals surface area contributed by atoms with Gasteiger partial charge in [0, 0.05) is 0 Å². The van der Waals surface area contributed by atoms with E-state index < -0.39 is 28.8 Å². The van der Waals surface area contributed by atoms with Crippen LogP contribution < -0.4 is 15.2 Å². The number of alkyl halides is 1. The summed E-state index contributed by atoms with van der Waals surface area (Å²) >= 11 is 0. The average molecular weight is 353 g/mol. The van der Waals surface area contributed by atoms with Crippen molar-refractivity contribution in [1.29, 1.82) is 0 Å². The second kappa shape index (κ2) is 9.11. The Bertz CT molecular complexity index is 572. The smallest absolute Gasteiger partial charge is 0.342 e. The van der Waals surface area contributed by atoms with Crippen molar-refractivity contribution in [1.82, 2.24) is 0 Å². The molecule has 1 aromatic rings. The molecule has 0 radical (unpaired) electrons. The molecule has 0 fully saturated rings. The maximum Gasteiger partial charge on any atom is 0.342 e. The molecule has 1 aromatic carbocycles. The molecule has 23 heavy (non-hydrogen) atoms. The molecule has 0 aromatic heterocycles. The van der Waals surface area contributed by atoms with E-state index in [2.05, 4.69) is 4.74 Å². The predicted octanol–water partition coefficient (Wildman–Crippen LogP) is 1.93. The van der Waals surface area contributed by atoms with E-state index in [1.165, 1.54) is 27.2 Å². The van der Waals surface area contributed by atoms with Crippen LogP contribution >= 0.6 is 12.4 Å². The molecular formula is C13H18ClFN2O6. The van der Waals surface area contributed by atoms with Crippen LogP contribution in [-0.4, -0.2) is 37.9 Å². The third-order valence-corrected chi connectivity index (χ3v) is 2.92. The standard InChI is InChI=1S/C13H17FN2O6.ClH/c1-4-22-13(17)11(14)12(15)7-5-9(20-2)10(21-3)6-8(7)16(18)19;/h5-6,11-12H,4,15H2,1-3H3;1H/t11?,12-;/m0./s1. The fraction of sp³-hybridized carbons (Fsp3) is 0.462. The summed E-state index contributed by atoms with van der Waals surface area (Å²) in [5, 5.41) is 11.1. The lowest BCUT2D eigenvalue weighted by Gasteiger charge is -2.17. The van der Waals surface area contributed by atoms with Crippen LogP contribution in [0.4, 0.5) is 10.1 Å². The summed E-state index contributed by atoms with van der Waals surface area (Å²) in [6, 6.07) is 0.665. The molecule has 2 atom stereocenters. The fourth-order valence-corrected chi connectivity index (χ4v) is 1.84. The van der Waals surface area contributed by atoms with Crippen LogP contribution in [0.25, 0.3) is 0 Å². The van der Waals surface area contributed by atoms with Gasteiger partial charge in [-0.2, -0.15) is 0 Å². The first-order valence-corrected chi connectivity index (χ1v) is 6.33. The van der Waals surface area contributed by atoms with Crippen LogP contribution in [0.15, 0.2) is 12.1 Å². The van der Waals surface area contributed by atoms with Crippen LogP contribution in [0.3, 0.4) is 0 Å². The van der Waals surface area contributed by atoms with E-state index in [4.69, 9.17) is 15.2 Å². The van der Waals surface area contributed by atoms with E-state index in [1.54, 1.807) is 0 Å². The highest BCUT2D eigenvalue weighted by Gasteiger charge is 2.33. The van der Waals surface area contributed by atoms with Gasteiger partial charge in [-0.05, 0) is 13.0 Å². The quantitative estimate of drug-likeness (QED) is 0.453. The summed E-state index contributed by atoms with van der Waals surface area (Å²) in [6.07, 6.45) is -2.24.